The Morgan fingerprint density at radius 2 is 2.06 bits per heavy atom. The lowest BCUT2D eigenvalue weighted by Gasteiger charge is -2.07. The highest BCUT2D eigenvalue weighted by molar-refractivity contribution is 5.96. The summed E-state index contributed by atoms with van der Waals surface area (Å²) in [5.41, 5.74) is 1.73. The monoisotopic (exact) mass is 239 g/mol. The molecule has 3 aromatic rings. The van der Waals surface area contributed by atoms with E-state index in [1.54, 1.807) is 6.20 Å². The molecule has 0 unspecified atom stereocenters. The van der Waals surface area contributed by atoms with E-state index in [4.69, 9.17) is 0 Å². The number of hydrogen-bond donors (Lipinski definition) is 0. The van der Waals surface area contributed by atoms with Gasteiger partial charge in [-0.2, -0.15) is 5.10 Å². The lowest BCUT2D eigenvalue weighted by atomic mass is 10.1. The average molecular weight is 239 g/mol. The second kappa shape index (κ2) is 4.49. The number of para-hydroxylation sites is 1. The van der Waals surface area contributed by atoms with Gasteiger partial charge < -0.3 is 4.57 Å². The van der Waals surface area contributed by atoms with Gasteiger partial charge in [0.2, 0.25) is 0 Å². The van der Waals surface area contributed by atoms with Crippen LogP contribution in [0.25, 0.3) is 10.9 Å². The fourth-order valence-corrected chi connectivity index (χ4v) is 2.22. The van der Waals surface area contributed by atoms with Gasteiger partial charge in [0.1, 0.15) is 0 Å². The number of benzene rings is 1. The second-order valence-electron chi connectivity index (χ2n) is 4.18. The van der Waals surface area contributed by atoms with Crippen LogP contribution in [0.5, 0.6) is 0 Å². The van der Waals surface area contributed by atoms with Gasteiger partial charge in [0.25, 0.3) is 0 Å². The minimum absolute atomic E-state index is 0.734. The molecule has 0 saturated carbocycles. The van der Waals surface area contributed by atoms with Crippen molar-refractivity contribution in [1.82, 2.24) is 14.3 Å². The van der Waals surface area contributed by atoms with E-state index in [0.717, 1.165) is 35.8 Å². The molecule has 0 radical (unpaired) electrons. The van der Waals surface area contributed by atoms with Crippen LogP contribution >= 0.6 is 0 Å². The van der Waals surface area contributed by atoms with Crippen LogP contribution in [0, 0.1) is 0 Å². The molecule has 0 spiro atoms. The Labute approximate surface area is 104 Å². The molecule has 0 aliphatic carbocycles. The van der Waals surface area contributed by atoms with Crippen LogP contribution in [0.3, 0.4) is 0 Å². The Morgan fingerprint density at radius 1 is 1.11 bits per heavy atom. The zero-order valence-electron chi connectivity index (χ0n) is 9.86. The number of nitrogens with zero attached hydrogens (tertiary/aromatic N) is 3. The van der Waals surface area contributed by atoms with Crippen molar-refractivity contribution >= 4 is 17.2 Å². The molecule has 1 aromatic carbocycles. The number of aromatic nitrogens is 3. The van der Waals surface area contributed by atoms with E-state index in [9.17, 15) is 4.79 Å². The van der Waals surface area contributed by atoms with E-state index in [0.29, 0.717) is 0 Å². The standard InChI is InChI=1S/C14H13N3O/c18-11-13-4-1-3-12-5-8-16(14(12)13)9-10-17-7-2-6-15-17/h1-8,11H,9-10H2. The highest BCUT2D eigenvalue weighted by Gasteiger charge is 2.05. The molecule has 0 saturated heterocycles. The van der Waals surface area contributed by atoms with Crippen molar-refractivity contribution in [2.45, 2.75) is 13.1 Å². The maximum absolute atomic E-state index is 11.1. The van der Waals surface area contributed by atoms with Gasteiger partial charge in [-0.25, -0.2) is 0 Å². The van der Waals surface area contributed by atoms with Crippen molar-refractivity contribution in [1.29, 1.82) is 0 Å². The molecule has 0 atom stereocenters. The topological polar surface area (TPSA) is 39.8 Å². The number of carbonyl (C=O) groups excluding carboxylic acids is 1. The Bertz CT molecular complexity index is 667. The molecule has 18 heavy (non-hydrogen) atoms. The van der Waals surface area contributed by atoms with Crippen molar-refractivity contribution < 1.29 is 4.79 Å². The molecule has 0 N–H and O–H groups in total. The summed E-state index contributed by atoms with van der Waals surface area (Å²) in [7, 11) is 0. The minimum Gasteiger partial charge on any atom is -0.345 e. The molecule has 4 nitrogen and oxygen atoms in total. The lowest BCUT2D eigenvalue weighted by molar-refractivity contribution is 0.112. The highest BCUT2D eigenvalue weighted by Crippen LogP contribution is 2.19. The molecule has 0 aliphatic rings. The summed E-state index contributed by atoms with van der Waals surface area (Å²) in [6.45, 7) is 1.60. The molecule has 90 valence electrons. The third-order valence-corrected chi connectivity index (χ3v) is 3.08. The van der Waals surface area contributed by atoms with E-state index >= 15 is 0 Å². The Balaban J connectivity index is 1.94. The minimum atomic E-state index is 0.734. The van der Waals surface area contributed by atoms with Gasteiger partial charge in [-0.1, -0.05) is 12.1 Å². The van der Waals surface area contributed by atoms with Crippen molar-refractivity contribution in [3.63, 3.8) is 0 Å². The van der Waals surface area contributed by atoms with Crippen LogP contribution in [0.15, 0.2) is 48.9 Å². The van der Waals surface area contributed by atoms with E-state index < -0.39 is 0 Å². The first-order valence-electron chi connectivity index (χ1n) is 5.89. The molecule has 0 aliphatic heterocycles. The first kappa shape index (κ1) is 10.8. The van der Waals surface area contributed by atoms with Gasteiger partial charge in [-0.05, 0) is 18.2 Å². The normalized spacial score (nSPS) is 10.9. The quantitative estimate of drug-likeness (QED) is 0.656. The number of aldehydes is 1. The summed E-state index contributed by atoms with van der Waals surface area (Å²) < 4.78 is 3.98. The summed E-state index contributed by atoms with van der Waals surface area (Å²) >= 11 is 0. The summed E-state index contributed by atoms with van der Waals surface area (Å²) in [5, 5.41) is 5.27. The van der Waals surface area contributed by atoms with Crippen LogP contribution in [-0.4, -0.2) is 20.6 Å². The van der Waals surface area contributed by atoms with Crippen LogP contribution < -0.4 is 0 Å². The fraction of sp³-hybridized carbons (Fsp3) is 0.143. The van der Waals surface area contributed by atoms with Gasteiger partial charge in [0, 0.05) is 36.1 Å². The molecule has 0 amide bonds. The van der Waals surface area contributed by atoms with Gasteiger partial charge in [-0.3, -0.25) is 9.48 Å². The SMILES string of the molecule is O=Cc1cccc2ccn(CCn3cccn3)c12. The van der Waals surface area contributed by atoms with E-state index in [2.05, 4.69) is 9.67 Å². The van der Waals surface area contributed by atoms with Crippen LogP contribution in [-0.2, 0) is 13.1 Å². The molecular weight excluding hydrogens is 226 g/mol. The summed E-state index contributed by atoms with van der Waals surface area (Å²) in [6.07, 6.45) is 6.63. The molecule has 3 rings (SSSR count). The van der Waals surface area contributed by atoms with Gasteiger partial charge in [-0.15, -0.1) is 0 Å². The zero-order valence-corrected chi connectivity index (χ0v) is 9.86. The predicted octanol–water partition coefficient (Wildman–Crippen LogP) is 2.35. The Morgan fingerprint density at radius 3 is 2.83 bits per heavy atom. The first-order chi connectivity index (χ1) is 8.88. The van der Waals surface area contributed by atoms with Gasteiger partial charge in [0.05, 0.1) is 12.1 Å². The summed E-state index contributed by atoms with van der Waals surface area (Å²) in [5.74, 6) is 0. The molecular formula is C14H13N3O. The third-order valence-electron chi connectivity index (χ3n) is 3.08. The molecule has 4 heteroatoms. The second-order valence-corrected chi connectivity index (χ2v) is 4.18. The van der Waals surface area contributed by atoms with E-state index in [1.165, 1.54) is 0 Å². The molecule has 0 bridgehead atoms. The van der Waals surface area contributed by atoms with Crippen LogP contribution in [0.2, 0.25) is 0 Å². The predicted molar refractivity (Wildman–Crippen MR) is 69.6 cm³/mol. The number of rotatable bonds is 4. The van der Waals surface area contributed by atoms with E-state index in [1.807, 2.05) is 47.4 Å². The van der Waals surface area contributed by atoms with E-state index in [-0.39, 0.29) is 0 Å². The number of hydrogen-bond acceptors (Lipinski definition) is 2. The van der Waals surface area contributed by atoms with Crippen LogP contribution in [0.4, 0.5) is 0 Å². The Kier molecular flexibility index (Phi) is 2.68. The zero-order chi connectivity index (χ0) is 12.4. The van der Waals surface area contributed by atoms with Crippen molar-refractivity contribution in [2.75, 3.05) is 0 Å². The average Bonchev–Trinajstić information content (AvgIpc) is 3.05. The smallest absolute Gasteiger partial charge is 0.152 e. The molecule has 2 aromatic heterocycles. The highest BCUT2D eigenvalue weighted by atomic mass is 16.1. The number of fused-ring (bicyclic) bond motifs is 1. The molecule has 2 heterocycles. The lowest BCUT2D eigenvalue weighted by Crippen LogP contribution is -2.07. The number of carbonyl (C=O) groups is 1. The largest absolute Gasteiger partial charge is 0.345 e. The van der Waals surface area contributed by atoms with Crippen molar-refractivity contribution in [3.8, 4) is 0 Å². The third kappa shape index (κ3) is 1.82. The fourth-order valence-electron chi connectivity index (χ4n) is 2.22. The summed E-state index contributed by atoms with van der Waals surface area (Å²) in [4.78, 5) is 11.1. The maximum atomic E-state index is 11.1. The first-order valence-corrected chi connectivity index (χ1v) is 5.89. The van der Waals surface area contributed by atoms with Crippen molar-refractivity contribution in [3.05, 3.63) is 54.5 Å². The van der Waals surface area contributed by atoms with Crippen LogP contribution in [0.1, 0.15) is 10.4 Å². The maximum Gasteiger partial charge on any atom is 0.152 e. The summed E-state index contributed by atoms with van der Waals surface area (Å²) in [6, 6.07) is 9.71. The molecule has 0 fully saturated rings. The van der Waals surface area contributed by atoms with Gasteiger partial charge >= 0.3 is 0 Å². The van der Waals surface area contributed by atoms with Crippen molar-refractivity contribution in [2.24, 2.45) is 0 Å². The number of aryl methyl sites for hydroxylation is 2. The Hall–Kier alpha value is -2.36. The van der Waals surface area contributed by atoms with Gasteiger partial charge in [0.15, 0.2) is 6.29 Å².